The monoisotopic (exact) mass is 404 g/mol. The Kier molecular flexibility index (Phi) is 5.27. The van der Waals surface area contributed by atoms with Crippen molar-refractivity contribution in [3.63, 3.8) is 0 Å². The highest BCUT2D eigenvalue weighted by atomic mass is 32.1. The fraction of sp³-hybridized carbons (Fsp3) is 0.174. The van der Waals surface area contributed by atoms with E-state index in [1.807, 2.05) is 17.5 Å². The van der Waals surface area contributed by atoms with Crippen LogP contribution in [0.2, 0.25) is 0 Å². The number of benzene rings is 2. The van der Waals surface area contributed by atoms with Crippen LogP contribution in [0.15, 0.2) is 65.0 Å². The summed E-state index contributed by atoms with van der Waals surface area (Å²) in [4.78, 5) is 30.9. The molecule has 0 radical (unpaired) electrons. The number of rotatable bonds is 6. The fourth-order valence-electron chi connectivity index (χ4n) is 3.24. The Hall–Kier alpha value is -3.25. The molecule has 0 amide bonds. The number of ketones is 1. The van der Waals surface area contributed by atoms with Crippen LogP contribution in [-0.2, 0) is 13.0 Å². The highest BCUT2D eigenvalue weighted by molar-refractivity contribution is 7.17. The Bertz CT molecular complexity index is 1220. The molecule has 0 fully saturated rings. The lowest BCUT2D eigenvalue weighted by molar-refractivity contribution is 0.0970. The van der Waals surface area contributed by atoms with Crippen LogP contribution < -0.4 is 10.3 Å². The second kappa shape index (κ2) is 8.01. The van der Waals surface area contributed by atoms with E-state index < -0.39 is 0 Å². The number of methoxy groups -OCH3 is 1. The van der Waals surface area contributed by atoms with Crippen molar-refractivity contribution in [2.45, 2.75) is 19.9 Å². The average molecular weight is 404 g/mol. The van der Waals surface area contributed by atoms with Gasteiger partial charge in [-0.2, -0.15) is 0 Å². The molecule has 6 heteroatoms. The smallest absolute Gasteiger partial charge is 0.263 e. The molecule has 0 spiro atoms. The van der Waals surface area contributed by atoms with Gasteiger partial charge in [0.2, 0.25) is 0 Å². The van der Waals surface area contributed by atoms with Gasteiger partial charge < -0.3 is 4.74 Å². The molecule has 5 nitrogen and oxygen atoms in total. The minimum absolute atomic E-state index is 0.0574. The van der Waals surface area contributed by atoms with Crippen molar-refractivity contribution in [2.75, 3.05) is 7.11 Å². The van der Waals surface area contributed by atoms with Gasteiger partial charge in [0.15, 0.2) is 5.78 Å². The zero-order valence-corrected chi connectivity index (χ0v) is 17.0. The summed E-state index contributed by atoms with van der Waals surface area (Å²) in [7, 11) is 1.57. The second-order valence-electron chi connectivity index (χ2n) is 6.71. The molecular formula is C23H20N2O3S. The quantitative estimate of drug-likeness (QED) is 0.441. The molecule has 2 aromatic heterocycles. The van der Waals surface area contributed by atoms with Crippen LogP contribution in [-0.4, -0.2) is 22.4 Å². The van der Waals surface area contributed by atoms with Gasteiger partial charge in [-0.25, -0.2) is 4.98 Å². The summed E-state index contributed by atoms with van der Waals surface area (Å²) >= 11 is 1.44. The summed E-state index contributed by atoms with van der Waals surface area (Å²) in [5, 5.41) is 2.51. The van der Waals surface area contributed by atoms with Crippen molar-refractivity contribution in [1.29, 1.82) is 0 Å². The van der Waals surface area contributed by atoms with Gasteiger partial charge in [-0.3, -0.25) is 14.2 Å². The van der Waals surface area contributed by atoms with Gasteiger partial charge in [-0.1, -0.05) is 31.2 Å². The molecule has 29 heavy (non-hydrogen) atoms. The number of hydrogen-bond acceptors (Lipinski definition) is 5. The predicted octanol–water partition coefficient (Wildman–Crippen LogP) is 4.58. The van der Waals surface area contributed by atoms with Crippen LogP contribution in [0.1, 0.15) is 22.8 Å². The van der Waals surface area contributed by atoms with Gasteiger partial charge in [-0.15, -0.1) is 11.3 Å². The molecule has 4 rings (SSSR count). The average Bonchev–Trinajstić information content (AvgIpc) is 3.20. The van der Waals surface area contributed by atoms with Crippen molar-refractivity contribution < 1.29 is 9.53 Å². The second-order valence-corrected chi connectivity index (χ2v) is 7.57. The van der Waals surface area contributed by atoms with E-state index in [0.717, 1.165) is 17.5 Å². The first-order valence-corrected chi connectivity index (χ1v) is 10.2. The van der Waals surface area contributed by atoms with Gasteiger partial charge in [0.25, 0.3) is 5.56 Å². The molecule has 146 valence electrons. The number of nitrogens with zero attached hydrogens (tertiary/aromatic N) is 2. The van der Waals surface area contributed by atoms with Gasteiger partial charge in [-0.05, 0) is 41.8 Å². The normalized spacial score (nSPS) is 11.0. The zero-order chi connectivity index (χ0) is 20.4. The molecule has 0 N–H and O–H groups in total. The van der Waals surface area contributed by atoms with Crippen molar-refractivity contribution in [3.05, 3.63) is 81.7 Å². The third kappa shape index (κ3) is 3.71. The molecular weight excluding hydrogens is 384 g/mol. The first-order chi connectivity index (χ1) is 14.1. The third-order valence-electron chi connectivity index (χ3n) is 4.96. The lowest BCUT2D eigenvalue weighted by Crippen LogP contribution is -2.24. The molecule has 0 unspecified atom stereocenters. The number of Topliss-reactive ketones (excluding diaryl/α,β-unsaturated/α-hetero) is 1. The molecule has 4 aromatic rings. The standard InChI is InChI=1S/C23H20N2O3S/c1-3-15-4-6-16(7-5-15)19-13-29-22-21(19)23(27)25(14-24-22)12-20(26)17-8-10-18(28-2)11-9-17/h4-11,13-14H,3,12H2,1-2H3. The maximum absolute atomic E-state index is 13.1. The van der Waals surface area contributed by atoms with Crippen LogP contribution in [0.5, 0.6) is 5.75 Å². The minimum atomic E-state index is -0.201. The van der Waals surface area contributed by atoms with E-state index in [4.69, 9.17) is 4.74 Å². The van der Waals surface area contributed by atoms with Crippen molar-refractivity contribution in [2.24, 2.45) is 0 Å². The SMILES string of the molecule is CCc1ccc(-c2csc3ncn(CC(=O)c4ccc(OC)cc4)c(=O)c23)cc1. The van der Waals surface area contributed by atoms with Gasteiger partial charge in [0.1, 0.15) is 10.6 Å². The van der Waals surface area contributed by atoms with E-state index in [1.54, 1.807) is 31.4 Å². The zero-order valence-electron chi connectivity index (χ0n) is 16.2. The van der Waals surface area contributed by atoms with Crippen molar-refractivity contribution in [3.8, 4) is 16.9 Å². The lowest BCUT2D eigenvalue weighted by Gasteiger charge is -2.07. The van der Waals surface area contributed by atoms with E-state index in [-0.39, 0.29) is 17.9 Å². The fourth-order valence-corrected chi connectivity index (χ4v) is 4.14. The minimum Gasteiger partial charge on any atom is -0.497 e. The molecule has 0 saturated carbocycles. The molecule has 0 saturated heterocycles. The molecule has 0 atom stereocenters. The molecule has 2 heterocycles. The van der Waals surface area contributed by atoms with E-state index in [1.165, 1.54) is 27.8 Å². The van der Waals surface area contributed by atoms with E-state index in [2.05, 4.69) is 24.0 Å². The van der Waals surface area contributed by atoms with E-state index in [0.29, 0.717) is 21.5 Å². The Morgan fingerprint density at radius 1 is 1.10 bits per heavy atom. The summed E-state index contributed by atoms with van der Waals surface area (Å²) in [6.07, 6.45) is 2.42. The Balaban J connectivity index is 1.69. The first-order valence-electron chi connectivity index (χ1n) is 9.34. The van der Waals surface area contributed by atoms with Gasteiger partial charge in [0, 0.05) is 16.5 Å². The van der Waals surface area contributed by atoms with Crippen molar-refractivity contribution in [1.82, 2.24) is 9.55 Å². The number of carbonyl (C=O) groups excluding carboxylic acids is 1. The third-order valence-corrected chi connectivity index (χ3v) is 5.85. The number of hydrogen-bond donors (Lipinski definition) is 0. The number of fused-ring (bicyclic) bond motifs is 1. The summed E-state index contributed by atoms with van der Waals surface area (Å²) in [6, 6.07) is 15.1. The van der Waals surface area contributed by atoms with Gasteiger partial charge >= 0.3 is 0 Å². The molecule has 0 aliphatic carbocycles. The van der Waals surface area contributed by atoms with Crippen molar-refractivity contribution >= 4 is 27.3 Å². The van der Waals surface area contributed by atoms with E-state index >= 15 is 0 Å². The maximum Gasteiger partial charge on any atom is 0.263 e. The Morgan fingerprint density at radius 3 is 2.48 bits per heavy atom. The summed E-state index contributed by atoms with van der Waals surface area (Å²) in [6.45, 7) is 2.05. The Morgan fingerprint density at radius 2 is 1.83 bits per heavy atom. The molecule has 0 bridgehead atoms. The largest absolute Gasteiger partial charge is 0.497 e. The number of thiophene rings is 1. The molecule has 0 aliphatic heterocycles. The van der Waals surface area contributed by atoms with Crippen LogP contribution in [0, 0.1) is 0 Å². The summed E-state index contributed by atoms with van der Waals surface area (Å²) in [5.74, 6) is 0.527. The molecule has 0 aliphatic rings. The number of ether oxygens (including phenoxy) is 1. The summed E-state index contributed by atoms with van der Waals surface area (Å²) < 4.78 is 6.50. The molecule has 2 aromatic carbocycles. The predicted molar refractivity (Wildman–Crippen MR) is 116 cm³/mol. The van der Waals surface area contributed by atoms with Gasteiger partial charge in [0.05, 0.1) is 25.4 Å². The Labute approximate surface area is 172 Å². The van der Waals surface area contributed by atoms with Crippen LogP contribution in [0.4, 0.5) is 0 Å². The van der Waals surface area contributed by atoms with Crippen LogP contribution in [0.25, 0.3) is 21.3 Å². The topological polar surface area (TPSA) is 61.2 Å². The first kappa shape index (κ1) is 19.1. The van der Waals surface area contributed by atoms with Crippen LogP contribution >= 0.6 is 11.3 Å². The summed E-state index contributed by atoms with van der Waals surface area (Å²) in [5.41, 5.74) is 3.41. The van der Waals surface area contributed by atoms with E-state index in [9.17, 15) is 9.59 Å². The number of aromatic nitrogens is 2. The number of carbonyl (C=O) groups is 1. The maximum atomic E-state index is 13.1. The van der Waals surface area contributed by atoms with Crippen LogP contribution in [0.3, 0.4) is 0 Å². The number of aryl methyl sites for hydroxylation is 1. The lowest BCUT2D eigenvalue weighted by atomic mass is 10.0. The highest BCUT2D eigenvalue weighted by Gasteiger charge is 2.15. The highest BCUT2D eigenvalue weighted by Crippen LogP contribution is 2.30.